The molecule has 9 heteroatoms. The van der Waals surface area contributed by atoms with Crippen LogP contribution in [0.4, 0.5) is 4.79 Å². The number of nitrogens with one attached hydrogen (secondary N) is 3. The lowest BCUT2D eigenvalue weighted by Crippen LogP contribution is -2.48. The van der Waals surface area contributed by atoms with Crippen molar-refractivity contribution in [3.05, 3.63) is 105 Å². The third kappa shape index (κ3) is 6.48. The molecule has 3 N–H and O–H groups in total. The van der Waals surface area contributed by atoms with Crippen LogP contribution in [0.25, 0.3) is 22.0 Å². The van der Waals surface area contributed by atoms with Gasteiger partial charge < -0.3 is 25.3 Å². The molecule has 1 aromatic heterocycles. The van der Waals surface area contributed by atoms with E-state index in [1.54, 1.807) is 13.1 Å². The van der Waals surface area contributed by atoms with Gasteiger partial charge in [0.25, 0.3) is 0 Å². The maximum atomic E-state index is 13.1. The van der Waals surface area contributed by atoms with Crippen LogP contribution in [-0.4, -0.2) is 60.6 Å². The van der Waals surface area contributed by atoms with Crippen molar-refractivity contribution in [3.8, 4) is 11.1 Å². The van der Waals surface area contributed by atoms with Gasteiger partial charge in [-0.2, -0.15) is 0 Å². The summed E-state index contributed by atoms with van der Waals surface area (Å²) in [5.74, 6) is -0.110. The summed E-state index contributed by atoms with van der Waals surface area (Å²) in [6.45, 7) is 3.25. The van der Waals surface area contributed by atoms with E-state index < -0.39 is 12.1 Å². The maximum absolute atomic E-state index is 13.1. The number of benzene rings is 3. The van der Waals surface area contributed by atoms with Gasteiger partial charge in [-0.1, -0.05) is 54.6 Å². The van der Waals surface area contributed by atoms with Crippen molar-refractivity contribution < 1.29 is 19.1 Å². The summed E-state index contributed by atoms with van der Waals surface area (Å²) >= 11 is 0. The summed E-state index contributed by atoms with van der Waals surface area (Å²) < 4.78 is 5.70. The highest BCUT2D eigenvalue weighted by atomic mass is 16.5. The third-order valence-corrected chi connectivity index (χ3v) is 9.20. The van der Waals surface area contributed by atoms with E-state index in [0.29, 0.717) is 19.5 Å². The molecule has 2 heterocycles. The number of ether oxygens (including phenoxy) is 1. The number of carbonyl (C=O) groups excluding carboxylic acids is 3. The van der Waals surface area contributed by atoms with Crippen LogP contribution in [0.5, 0.6) is 0 Å². The number of H-pyrrole nitrogens is 1. The minimum Gasteiger partial charge on any atom is -0.449 e. The Bertz CT molecular complexity index is 1760. The minimum atomic E-state index is -0.731. The van der Waals surface area contributed by atoms with E-state index in [4.69, 9.17) is 4.74 Å². The van der Waals surface area contributed by atoms with Crippen molar-refractivity contribution >= 4 is 28.8 Å². The summed E-state index contributed by atoms with van der Waals surface area (Å²) in [5.41, 5.74) is 6.96. The average Bonchev–Trinajstić information content (AvgIpc) is 3.37. The molecule has 1 aliphatic heterocycles. The Morgan fingerprint density at radius 2 is 1.62 bits per heavy atom. The number of alkyl carbamates (subject to hydrolysis) is 1. The maximum Gasteiger partial charge on any atom is 0.407 e. The van der Waals surface area contributed by atoms with Gasteiger partial charge in [0.2, 0.25) is 17.4 Å². The number of likely N-dealkylation sites (N-methyl/N-ethyl adjacent to an activating group) is 1. The number of pyridine rings is 1. The second kappa shape index (κ2) is 13.0. The molecular weight excluding hydrogens is 568 g/mol. The fourth-order valence-corrected chi connectivity index (χ4v) is 6.81. The van der Waals surface area contributed by atoms with Crippen LogP contribution >= 0.6 is 0 Å². The Balaban J connectivity index is 1.02. The van der Waals surface area contributed by atoms with Crippen LogP contribution < -0.4 is 16.2 Å². The number of piperidine rings is 1. The predicted octanol–water partition coefficient (Wildman–Crippen LogP) is 4.66. The molecular formula is C36H38N4O5. The SMILES string of the molecule is CNC(=O)C(CC1CCN(C(=O)Cc2ccc3[nH]c(=O)cc(C)c3c2)CC1)NC(=O)OCC1c2ccccc2-c2ccccc21. The Kier molecular flexibility index (Phi) is 8.69. The molecule has 6 rings (SSSR count). The number of likely N-dealkylation sites (tertiary alicyclic amines) is 1. The van der Waals surface area contributed by atoms with Crippen LogP contribution in [0.3, 0.4) is 0 Å². The first kappa shape index (κ1) is 30.1. The number of carbonyl (C=O) groups is 3. The molecule has 3 amide bonds. The number of rotatable bonds is 8. The zero-order valence-electron chi connectivity index (χ0n) is 25.6. The van der Waals surface area contributed by atoms with E-state index in [1.165, 1.54) is 0 Å². The second-order valence-electron chi connectivity index (χ2n) is 12.1. The normalized spacial score (nSPS) is 15.3. The largest absolute Gasteiger partial charge is 0.449 e. The van der Waals surface area contributed by atoms with Gasteiger partial charge in [0.05, 0.1) is 6.42 Å². The van der Waals surface area contributed by atoms with Gasteiger partial charge in [-0.3, -0.25) is 14.4 Å². The summed E-state index contributed by atoms with van der Waals surface area (Å²) in [4.78, 5) is 55.3. The zero-order chi connectivity index (χ0) is 31.5. The smallest absolute Gasteiger partial charge is 0.407 e. The van der Waals surface area contributed by atoms with Gasteiger partial charge in [-0.25, -0.2) is 4.79 Å². The van der Waals surface area contributed by atoms with Crippen LogP contribution in [0.2, 0.25) is 0 Å². The fourth-order valence-electron chi connectivity index (χ4n) is 6.81. The number of amides is 3. The molecule has 232 valence electrons. The monoisotopic (exact) mass is 606 g/mol. The van der Waals surface area contributed by atoms with Gasteiger partial charge in [0.15, 0.2) is 0 Å². The molecule has 1 saturated heterocycles. The van der Waals surface area contributed by atoms with Crippen LogP contribution in [0.15, 0.2) is 77.6 Å². The van der Waals surface area contributed by atoms with E-state index in [2.05, 4.69) is 39.9 Å². The molecule has 0 saturated carbocycles. The number of aromatic amines is 1. The zero-order valence-corrected chi connectivity index (χ0v) is 25.6. The highest BCUT2D eigenvalue weighted by molar-refractivity contribution is 5.86. The molecule has 4 aromatic rings. The van der Waals surface area contributed by atoms with Crippen molar-refractivity contribution in [1.29, 1.82) is 0 Å². The molecule has 0 spiro atoms. The molecule has 1 unspecified atom stereocenters. The summed E-state index contributed by atoms with van der Waals surface area (Å²) in [5, 5.41) is 6.40. The lowest BCUT2D eigenvalue weighted by atomic mass is 9.89. The lowest BCUT2D eigenvalue weighted by molar-refractivity contribution is -0.132. The van der Waals surface area contributed by atoms with E-state index in [1.807, 2.05) is 54.3 Å². The number of hydrogen-bond donors (Lipinski definition) is 3. The predicted molar refractivity (Wildman–Crippen MR) is 173 cm³/mol. The summed E-state index contributed by atoms with van der Waals surface area (Å²) in [6.07, 6.45) is 1.61. The number of hydrogen-bond acceptors (Lipinski definition) is 5. The number of fused-ring (bicyclic) bond motifs is 4. The average molecular weight is 607 g/mol. The molecule has 1 fully saturated rings. The Labute approximate surface area is 262 Å². The van der Waals surface area contributed by atoms with Crippen LogP contribution in [0.1, 0.15) is 47.4 Å². The first-order chi connectivity index (χ1) is 21.8. The highest BCUT2D eigenvalue weighted by Gasteiger charge is 2.31. The molecule has 0 radical (unpaired) electrons. The first-order valence-electron chi connectivity index (χ1n) is 15.5. The quantitative estimate of drug-likeness (QED) is 0.270. The fraction of sp³-hybridized carbons (Fsp3) is 0.333. The third-order valence-electron chi connectivity index (χ3n) is 9.20. The molecule has 9 nitrogen and oxygen atoms in total. The van der Waals surface area contributed by atoms with E-state index in [-0.39, 0.29) is 42.2 Å². The number of aromatic nitrogens is 1. The van der Waals surface area contributed by atoms with Gasteiger partial charge in [-0.05, 0) is 77.6 Å². The van der Waals surface area contributed by atoms with Gasteiger partial charge in [0.1, 0.15) is 12.6 Å². The minimum absolute atomic E-state index is 0.0505. The Morgan fingerprint density at radius 1 is 0.956 bits per heavy atom. The molecule has 1 atom stereocenters. The molecule has 1 aliphatic carbocycles. The van der Waals surface area contributed by atoms with Gasteiger partial charge in [0, 0.05) is 43.0 Å². The lowest BCUT2D eigenvalue weighted by Gasteiger charge is -2.33. The van der Waals surface area contributed by atoms with E-state index >= 15 is 0 Å². The molecule has 45 heavy (non-hydrogen) atoms. The molecule has 0 bridgehead atoms. The van der Waals surface area contributed by atoms with Gasteiger partial charge in [-0.15, -0.1) is 0 Å². The molecule has 2 aliphatic rings. The van der Waals surface area contributed by atoms with Crippen molar-refractivity contribution in [2.75, 3.05) is 26.7 Å². The van der Waals surface area contributed by atoms with E-state index in [0.717, 1.165) is 57.1 Å². The summed E-state index contributed by atoms with van der Waals surface area (Å²) in [7, 11) is 1.56. The van der Waals surface area contributed by atoms with Crippen LogP contribution in [0, 0.1) is 12.8 Å². The van der Waals surface area contributed by atoms with Crippen molar-refractivity contribution in [2.45, 2.75) is 44.6 Å². The van der Waals surface area contributed by atoms with E-state index in [9.17, 15) is 19.2 Å². The van der Waals surface area contributed by atoms with Gasteiger partial charge >= 0.3 is 6.09 Å². The second-order valence-corrected chi connectivity index (χ2v) is 12.1. The first-order valence-corrected chi connectivity index (χ1v) is 15.5. The van der Waals surface area contributed by atoms with Crippen molar-refractivity contribution in [3.63, 3.8) is 0 Å². The Hall–Kier alpha value is -4.92. The number of aryl methyl sites for hydroxylation is 1. The topological polar surface area (TPSA) is 121 Å². The van der Waals surface area contributed by atoms with Crippen molar-refractivity contribution in [1.82, 2.24) is 20.5 Å². The summed E-state index contributed by atoms with van der Waals surface area (Å²) in [6, 6.07) is 22.8. The van der Waals surface area contributed by atoms with Crippen LogP contribution in [-0.2, 0) is 20.7 Å². The molecule has 3 aromatic carbocycles. The number of nitrogens with zero attached hydrogens (tertiary/aromatic N) is 1. The standard InChI is InChI=1S/C36H38N4O5/c1-22-17-33(41)38-31-12-11-24(18-29(22)31)20-34(42)40-15-13-23(14-16-40)19-32(35(43)37-2)39-36(44)45-21-30-27-9-5-3-7-25(27)26-8-4-6-10-28(26)30/h3-12,17-18,23,30,32H,13-16,19-21H2,1-2H3,(H,37,43)(H,38,41)(H,39,44). The van der Waals surface area contributed by atoms with Crippen molar-refractivity contribution in [2.24, 2.45) is 5.92 Å². The highest BCUT2D eigenvalue weighted by Crippen LogP contribution is 2.44. The Morgan fingerprint density at radius 3 is 2.29 bits per heavy atom.